The number of aryl methyl sites for hydroxylation is 1. The molecule has 2 aromatic heterocycles. The number of pyridine rings is 1. The van der Waals surface area contributed by atoms with Crippen molar-refractivity contribution in [1.29, 1.82) is 0 Å². The molecule has 0 fully saturated rings. The number of hydrogen-bond donors (Lipinski definition) is 1. The number of nitrogens with zero attached hydrogens (tertiary/aromatic N) is 1. The summed E-state index contributed by atoms with van der Waals surface area (Å²) in [6, 6.07) is 3.19. The van der Waals surface area contributed by atoms with E-state index in [0.717, 1.165) is 0 Å². The molecule has 2 heterocycles. The molecule has 0 atom stereocenters. The Hall–Kier alpha value is -2.57. The smallest absolute Gasteiger partial charge is 0.256 e. The Morgan fingerprint density at radius 3 is 2.42 bits per heavy atom. The number of aromatic nitrogens is 1. The molecule has 3 aromatic rings. The van der Waals surface area contributed by atoms with Crippen molar-refractivity contribution in [3.05, 3.63) is 51.5 Å². The maximum atomic E-state index is 12.8. The third-order valence-electron chi connectivity index (χ3n) is 3.92. The largest absolute Gasteiger partial charge is 0.493 e. The molecular weight excluding hydrogens is 379 g/mol. The summed E-state index contributed by atoms with van der Waals surface area (Å²) in [7, 11) is 1.48. The van der Waals surface area contributed by atoms with Gasteiger partial charge in [0.05, 0.1) is 28.4 Å². The first-order valence-corrected chi connectivity index (χ1v) is 8.32. The summed E-state index contributed by atoms with van der Waals surface area (Å²) in [4.78, 5) is 28.5. The summed E-state index contributed by atoms with van der Waals surface area (Å²) in [6.45, 7) is 3.11. The molecule has 26 heavy (non-hydrogen) atoms. The Bertz CT molecular complexity index is 1020. The molecule has 0 unspecified atom stereocenters. The Labute approximate surface area is 159 Å². The van der Waals surface area contributed by atoms with E-state index in [9.17, 15) is 9.59 Å². The van der Waals surface area contributed by atoms with Crippen LogP contribution in [0.1, 0.15) is 33.4 Å². The van der Waals surface area contributed by atoms with E-state index in [2.05, 4.69) is 10.3 Å². The van der Waals surface area contributed by atoms with E-state index in [0.29, 0.717) is 27.8 Å². The van der Waals surface area contributed by atoms with Crippen LogP contribution in [0.4, 0.5) is 5.69 Å². The monoisotopic (exact) mass is 392 g/mol. The summed E-state index contributed by atoms with van der Waals surface area (Å²) >= 11 is 12.1. The number of ether oxygens (including phenoxy) is 1. The van der Waals surface area contributed by atoms with Crippen molar-refractivity contribution in [1.82, 2.24) is 4.98 Å². The highest BCUT2D eigenvalue weighted by Gasteiger charge is 2.23. The van der Waals surface area contributed by atoms with E-state index >= 15 is 0 Å². The molecule has 134 valence electrons. The number of benzene rings is 1. The molecule has 0 aliphatic heterocycles. The molecule has 0 aliphatic rings. The SMILES string of the molecule is COc1ccc(C(=O)Nc2c(Cl)cncc2Cl)c2c(C)c(C(C)=O)oc12. The van der Waals surface area contributed by atoms with Crippen molar-refractivity contribution in [2.24, 2.45) is 0 Å². The summed E-state index contributed by atoms with van der Waals surface area (Å²) in [5.41, 5.74) is 1.45. The maximum absolute atomic E-state index is 12.8. The number of furan rings is 1. The average molecular weight is 393 g/mol. The molecule has 1 amide bonds. The quantitative estimate of drug-likeness (QED) is 0.638. The first-order valence-electron chi connectivity index (χ1n) is 7.56. The number of methoxy groups -OCH3 is 1. The minimum atomic E-state index is -0.452. The molecular formula is C18H14Cl2N2O4. The number of nitrogens with one attached hydrogen (secondary N) is 1. The van der Waals surface area contributed by atoms with Crippen LogP contribution in [0.3, 0.4) is 0 Å². The molecule has 0 saturated heterocycles. The van der Waals surface area contributed by atoms with E-state index in [1.54, 1.807) is 19.1 Å². The molecule has 8 heteroatoms. The van der Waals surface area contributed by atoms with Gasteiger partial charge >= 0.3 is 0 Å². The predicted octanol–water partition coefficient (Wildman–Crippen LogP) is 4.91. The molecule has 1 N–H and O–H groups in total. The highest BCUT2D eigenvalue weighted by Crippen LogP contribution is 2.36. The lowest BCUT2D eigenvalue weighted by Crippen LogP contribution is -2.13. The number of halogens is 2. The first kappa shape index (κ1) is 18.2. The zero-order valence-corrected chi connectivity index (χ0v) is 15.7. The molecule has 0 spiro atoms. The van der Waals surface area contributed by atoms with Gasteiger partial charge in [0.1, 0.15) is 0 Å². The third kappa shape index (κ3) is 3.02. The van der Waals surface area contributed by atoms with Crippen molar-refractivity contribution < 1.29 is 18.7 Å². The van der Waals surface area contributed by atoms with Crippen molar-refractivity contribution >= 4 is 51.5 Å². The van der Waals surface area contributed by atoms with Gasteiger partial charge in [-0.25, -0.2) is 0 Å². The van der Waals surface area contributed by atoms with Gasteiger partial charge in [-0.1, -0.05) is 23.2 Å². The Morgan fingerprint density at radius 2 is 1.85 bits per heavy atom. The van der Waals surface area contributed by atoms with Gasteiger partial charge in [-0.15, -0.1) is 0 Å². The van der Waals surface area contributed by atoms with E-state index in [1.165, 1.54) is 26.4 Å². The predicted molar refractivity (Wildman–Crippen MR) is 99.7 cm³/mol. The fraction of sp³-hybridized carbons (Fsp3) is 0.167. The Morgan fingerprint density at radius 1 is 1.19 bits per heavy atom. The maximum Gasteiger partial charge on any atom is 0.256 e. The van der Waals surface area contributed by atoms with Crippen molar-refractivity contribution in [2.45, 2.75) is 13.8 Å². The van der Waals surface area contributed by atoms with Crippen molar-refractivity contribution in [3.8, 4) is 5.75 Å². The van der Waals surface area contributed by atoms with Crippen LogP contribution < -0.4 is 10.1 Å². The lowest BCUT2D eigenvalue weighted by Gasteiger charge is -2.10. The topological polar surface area (TPSA) is 81.4 Å². The standard InChI is InChI=1S/C18H14Cl2N2O4/c1-8-14-10(18(24)22-15-11(19)6-21-7-12(15)20)4-5-13(25-3)17(14)26-16(8)9(2)23/h4-7H,1-3H3,(H,21,22,24). The van der Waals surface area contributed by atoms with Gasteiger partial charge in [0, 0.05) is 30.3 Å². The number of carbonyl (C=O) groups is 2. The second-order valence-electron chi connectivity index (χ2n) is 5.56. The van der Waals surface area contributed by atoms with Gasteiger partial charge in [0.2, 0.25) is 0 Å². The number of anilines is 1. The second kappa shape index (κ2) is 6.97. The number of amides is 1. The van der Waals surface area contributed by atoms with Gasteiger partial charge in [-0.2, -0.15) is 0 Å². The van der Waals surface area contributed by atoms with Crippen LogP contribution >= 0.6 is 23.2 Å². The van der Waals surface area contributed by atoms with Crippen LogP contribution in [-0.2, 0) is 0 Å². The van der Waals surface area contributed by atoms with Gasteiger partial charge < -0.3 is 14.5 Å². The molecule has 0 saturated carbocycles. The zero-order chi connectivity index (χ0) is 19.0. The summed E-state index contributed by atoms with van der Waals surface area (Å²) < 4.78 is 10.9. The first-order chi connectivity index (χ1) is 12.3. The van der Waals surface area contributed by atoms with E-state index in [1.807, 2.05) is 0 Å². The summed E-state index contributed by atoms with van der Waals surface area (Å²) in [5, 5.41) is 3.60. The molecule has 3 rings (SSSR count). The normalized spacial score (nSPS) is 10.8. The molecule has 6 nitrogen and oxygen atoms in total. The summed E-state index contributed by atoms with van der Waals surface area (Å²) in [6.07, 6.45) is 2.76. The number of ketones is 1. The fourth-order valence-corrected chi connectivity index (χ4v) is 3.19. The van der Waals surface area contributed by atoms with E-state index < -0.39 is 5.91 Å². The number of Topliss-reactive ketones (excluding diaryl/α,β-unsaturated/α-hetero) is 1. The molecule has 0 aliphatic carbocycles. The van der Waals surface area contributed by atoms with Gasteiger partial charge in [0.25, 0.3) is 5.91 Å². The lowest BCUT2D eigenvalue weighted by molar-refractivity contribution is 0.0986. The zero-order valence-electron chi connectivity index (χ0n) is 14.1. The molecule has 0 radical (unpaired) electrons. The van der Waals surface area contributed by atoms with Crippen LogP contribution in [0.5, 0.6) is 5.75 Å². The fourth-order valence-electron chi connectivity index (χ4n) is 2.73. The number of fused-ring (bicyclic) bond motifs is 1. The minimum absolute atomic E-state index is 0.179. The van der Waals surface area contributed by atoms with Crippen LogP contribution in [0.2, 0.25) is 10.0 Å². The lowest BCUT2D eigenvalue weighted by atomic mass is 10.0. The average Bonchev–Trinajstić information content (AvgIpc) is 2.95. The van der Waals surface area contributed by atoms with E-state index in [4.69, 9.17) is 32.4 Å². The van der Waals surface area contributed by atoms with Crippen molar-refractivity contribution in [2.75, 3.05) is 12.4 Å². The summed E-state index contributed by atoms with van der Waals surface area (Å²) in [5.74, 6) is -0.0929. The van der Waals surface area contributed by atoms with Crippen LogP contribution in [-0.4, -0.2) is 23.8 Å². The number of rotatable bonds is 4. The highest BCUT2D eigenvalue weighted by molar-refractivity contribution is 6.39. The van der Waals surface area contributed by atoms with Crippen LogP contribution in [0.25, 0.3) is 11.0 Å². The van der Waals surface area contributed by atoms with Gasteiger partial charge in [-0.3, -0.25) is 14.6 Å². The molecule has 0 bridgehead atoms. The highest BCUT2D eigenvalue weighted by atomic mass is 35.5. The molecule has 1 aromatic carbocycles. The van der Waals surface area contributed by atoms with Gasteiger partial charge in [0.15, 0.2) is 22.9 Å². The number of hydrogen-bond acceptors (Lipinski definition) is 5. The number of carbonyl (C=O) groups excluding carboxylic acids is 2. The minimum Gasteiger partial charge on any atom is -0.493 e. The van der Waals surface area contributed by atoms with Crippen LogP contribution in [0.15, 0.2) is 28.9 Å². The van der Waals surface area contributed by atoms with Crippen LogP contribution in [0, 0.1) is 6.92 Å². The third-order valence-corrected chi connectivity index (χ3v) is 4.49. The van der Waals surface area contributed by atoms with E-state index in [-0.39, 0.29) is 27.3 Å². The Balaban J connectivity index is 2.16. The van der Waals surface area contributed by atoms with Gasteiger partial charge in [-0.05, 0) is 19.1 Å². The Kier molecular flexibility index (Phi) is 4.89. The second-order valence-corrected chi connectivity index (χ2v) is 6.38. The van der Waals surface area contributed by atoms with Crippen molar-refractivity contribution in [3.63, 3.8) is 0 Å².